The highest BCUT2D eigenvalue weighted by Crippen LogP contribution is 2.23. The molecule has 7 heavy (non-hydrogen) atoms. The molecular weight excluding hydrogens is 201 g/mol. The van der Waals surface area contributed by atoms with Crippen LogP contribution in [0.2, 0.25) is 0 Å². The molecule has 2 atom stereocenters. The molecule has 2 heteroatoms. The standard InChI is InChI=1S/C5H10IN/c6-4-1-2-5(7)3-4/h4-5H,1-3,7H2/t4?,5-/m1/s1. The van der Waals surface area contributed by atoms with Crippen molar-refractivity contribution in [2.24, 2.45) is 5.73 Å². The van der Waals surface area contributed by atoms with E-state index in [-0.39, 0.29) is 0 Å². The Balaban J connectivity index is 2.26. The van der Waals surface area contributed by atoms with Crippen LogP contribution in [0, 0.1) is 0 Å². The first-order valence-electron chi connectivity index (χ1n) is 2.68. The van der Waals surface area contributed by atoms with Crippen molar-refractivity contribution in [1.29, 1.82) is 0 Å². The Bertz CT molecular complexity index is 57.1. The van der Waals surface area contributed by atoms with E-state index in [0.717, 1.165) is 3.92 Å². The van der Waals surface area contributed by atoms with Crippen molar-refractivity contribution in [2.45, 2.75) is 29.2 Å². The average Bonchev–Trinajstić information content (AvgIpc) is 1.87. The Morgan fingerprint density at radius 2 is 2.14 bits per heavy atom. The molecule has 0 spiro atoms. The average molecular weight is 211 g/mol. The molecule has 0 aliphatic heterocycles. The highest BCUT2D eigenvalue weighted by Gasteiger charge is 2.17. The number of hydrogen-bond donors (Lipinski definition) is 1. The lowest BCUT2D eigenvalue weighted by Crippen LogP contribution is -2.14. The summed E-state index contributed by atoms with van der Waals surface area (Å²) in [7, 11) is 0. The summed E-state index contributed by atoms with van der Waals surface area (Å²) in [6, 6.07) is 0.516. The summed E-state index contributed by atoms with van der Waals surface area (Å²) in [5.41, 5.74) is 5.62. The molecule has 0 aromatic carbocycles. The Morgan fingerprint density at radius 3 is 2.29 bits per heavy atom. The third-order valence-electron chi connectivity index (χ3n) is 1.41. The summed E-state index contributed by atoms with van der Waals surface area (Å²) in [6.45, 7) is 0. The number of rotatable bonds is 0. The van der Waals surface area contributed by atoms with E-state index in [2.05, 4.69) is 22.6 Å². The molecule has 42 valence electrons. The molecule has 1 fully saturated rings. The fraction of sp³-hybridized carbons (Fsp3) is 1.00. The summed E-state index contributed by atoms with van der Waals surface area (Å²) < 4.78 is 0.868. The molecule has 0 aromatic heterocycles. The second-order valence-electron chi connectivity index (χ2n) is 2.17. The van der Waals surface area contributed by atoms with Gasteiger partial charge >= 0.3 is 0 Å². The summed E-state index contributed by atoms with van der Waals surface area (Å²) in [5.74, 6) is 0. The van der Waals surface area contributed by atoms with E-state index in [0.29, 0.717) is 6.04 Å². The van der Waals surface area contributed by atoms with Gasteiger partial charge < -0.3 is 5.73 Å². The van der Waals surface area contributed by atoms with E-state index in [1.807, 2.05) is 0 Å². The largest absolute Gasteiger partial charge is 0.328 e. The van der Waals surface area contributed by atoms with Crippen molar-refractivity contribution < 1.29 is 0 Å². The molecule has 0 saturated heterocycles. The van der Waals surface area contributed by atoms with Crippen LogP contribution in [0.3, 0.4) is 0 Å². The maximum atomic E-state index is 5.62. The minimum absolute atomic E-state index is 0.516. The first-order valence-corrected chi connectivity index (χ1v) is 3.93. The van der Waals surface area contributed by atoms with E-state index in [9.17, 15) is 0 Å². The molecule has 0 amide bonds. The van der Waals surface area contributed by atoms with Gasteiger partial charge in [-0.15, -0.1) is 0 Å². The second kappa shape index (κ2) is 2.31. The predicted octanol–water partition coefficient (Wildman–Crippen LogP) is 1.30. The van der Waals surface area contributed by atoms with Crippen LogP contribution in [0.25, 0.3) is 0 Å². The topological polar surface area (TPSA) is 26.0 Å². The molecule has 1 aliphatic carbocycles. The normalized spacial score (nSPS) is 42.0. The molecule has 2 N–H and O–H groups in total. The Kier molecular flexibility index (Phi) is 1.92. The zero-order chi connectivity index (χ0) is 5.28. The van der Waals surface area contributed by atoms with Gasteiger partial charge in [0.05, 0.1) is 0 Å². The van der Waals surface area contributed by atoms with Gasteiger partial charge in [-0.3, -0.25) is 0 Å². The molecule has 1 saturated carbocycles. The molecular formula is C5H10IN. The number of alkyl halides is 1. The van der Waals surface area contributed by atoms with Gasteiger partial charge in [-0.1, -0.05) is 22.6 Å². The number of hydrogen-bond acceptors (Lipinski definition) is 1. The summed E-state index contributed by atoms with van der Waals surface area (Å²) in [4.78, 5) is 0. The lowest BCUT2D eigenvalue weighted by atomic mass is 10.3. The van der Waals surface area contributed by atoms with Crippen molar-refractivity contribution in [1.82, 2.24) is 0 Å². The van der Waals surface area contributed by atoms with Crippen molar-refractivity contribution in [3.63, 3.8) is 0 Å². The SMILES string of the molecule is N[C@@H]1CCC(I)C1. The minimum atomic E-state index is 0.516. The van der Waals surface area contributed by atoms with Crippen LogP contribution in [0.15, 0.2) is 0 Å². The molecule has 0 aromatic rings. The molecule has 1 nitrogen and oxygen atoms in total. The fourth-order valence-electron chi connectivity index (χ4n) is 0.959. The number of nitrogens with two attached hydrogens (primary N) is 1. The molecule has 1 unspecified atom stereocenters. The third kappa shape index (κ3) is 1.57. The van der Waals surface area contributed by atoms with Crippen molar-refractivity contribution >= 4 is 22.6 Å². The zero-order valence-electron chi connectivity index (χ0n) is 4.23. The molecule has 1 aliphatic rings. The molecule has 0 bridgehead atoms. The summed E-state index contributed by atoms with van der Waals surface area (Å²) >= 11 is 2.47. The monoisotopic (exact) mass is 211 g/mol. The lowest BCUT2D eigenvalue weighted by molar-refractivity contribution is 0.707. The van der Waals surface area contributed by atoms with E-state index < -0.39 is 0 Å². The van der Waals surface area contributed by atoms with Crippen molar-refractivity contribution in [3.8, 4) is 0 Å². The first kappa shape index (κ1) is 5.82. The molecule has 0 radical (unpaired) electrons. The van der Waals surface area contributed by atoms with Crippen LogP contribution in [-0.2, 0) is 0 Å². The maximum Gasteiger partial charge on any atom is 0.0125 e. The quantitative estimate of drug-likeness (QED) is 0.474. The van der Waals surface area contributed by atoms with E-state index in [1.54, 1.807) is 0 Å². The van der Waals surface area contributed by atoms with E-state index in [1.165, 1.54) is 19.3 Å². The Labute approximate surface area is 57.8 Å². The highest BCUT2D eigenvalue weighted by atomic mass is 127. The Hall–Kier alpha value is 0.690. The summed E-state index contributed by atoms with van der Waals surface area (Å²) in [6.07, 6.45) is 3.82. The zero-order valence-corrected chi connectivity index (χ0v) is 6.39. The van der Waals surface area contributed by atoms with Gasteiger partial charge in [0.15, 0.2) is 0 Å². The van der Waals surface area contributed by atoms with Gasteiger partial charge in [0.25, 0.3) is 0 Å². The van der Waals surface area contributed by atoms with Crippen LogP contribution in [0.1, 0.15) is 19.3 Å². The van der Waals surface area contributed by atoms with Gasteiger partial charge in [0.2, 0.25) is 0 Å². The fourth-order valence-corrected chi connectivity index (χ4v) is 1.97. The van der Waals surface area contributed by atoms with Crippen LogP contribution in [-0.4, -0.2) is 9.97 Å². The van der Waals surface area contributed by atoms with E-state index in [4.69, 9.17) is 5.73 Å². The minimum Gasteiger partial charge on any atom is -0.328 e. The van der Waals surface area contributed by atoms with Crippen LogP contribution >= 0.6 is 22.6 Å². The highest BCUT2D eigenvalue weighted by molar-refractivity contribution is 14.1. The third-order valence-corrected chi connectivity index (χ3v) is 2.54. The molecule has 1 rings (SSSR count). The molecule has 0 heterocycles. The number of halogens is 1. The maximum absolute atomic E-state index is 5.62. The van der Waals surface area contributed by atoms with E-state index >= 15 is 0 Å². The van der Waals surface area contributed by atoms with Crippen LogP contribution in [0.4, 0.5) is 0 Å². The van der Waals surface area contributed by atoms with Crippen molar-refractivity contribution in [3.05, 3.63) is 0 Å². The van der Waals surface area contributed by atoms with Crippen LogP contribution in [0.5, 0.6) is 0 Å². The summed E-state index contributed by atoms with van der Waals surface area (Å²) in [5, 5.41) is 0. The smallest absolute Gasteiger partial charge is 0.0125 e. The second-order valence-corrected chi connectivity index (χ2v) is 3.93. The van der Waals surface area contributed by atoms with Gasteiger partial charge in [0.1, 0.15) is 0 Å². The van der Waals surface area contributed by atoms with Gasteiger partial charge in [-0.2, -0.15) is 0 Å². The van der Waals surface area contributed by atoms with Gasteiger partial charge in [0, 0.05) is 9.97 Å². The predicted molar refractivity (Wildman–Crippen MR) is 39.6 cm³/mol. The lowest BCUT2D eigenvalue weighted by Gasteiger charge is -1.95. The van der Waals surface area contributed by atoms with Gasteiger partial charge in [-0.05, 0) is 19.3 Å². The van der Waals surface area contributed by atoms with Crippen LogP contribution < -0.4 is 5.73 Å². The Morgan fingerprint density at radius 1 is 1.43 bits per heavy atom. The first-order chi connectivity index (χ1) is 3.29. The van der Waals surface area contributed by atoms with Crippen molar-refractivity contribution in [2.75, 3.05) is 0 Å². The van der Waals surface area contributed by atoms with Gasteiger partial charge in [-0.25, -0.2) is 0 Å².